The minimum absolute atomic E-state index is 0.0310. The molecule has 1 rings (SSSR count). The van der Waals surface area contributed by atoms with Crippen LogP contribution >= 0.6 is 0 Å². The molecule has 3 atom stereocenters. The summed E-state index contributed by atoms with van der Waals surface area (Å²) in [6, 6.07) is -0.237. The third-order valence-electron chi connectivity index (χ3n) is 3.67. The van der Waals surface area contributed by atoms with Gasteiger partial charge in [-0.1, -0.05) is 27.2 Å². The monoisotopic (exact) mass is 270 g/mol. The van der Waals surface area contributed by atoms with Crippen molar-refractivity contribution < 1.29 is 14.7 Å². The van der Waals surface area contributed by atoms with Crippen molar-refractivity contribution in [2.24, 2.45) is 23.0 Å². The van der Waals surface area contributed by atoms with Gasteiger partial charge in [-0.3, -0.25) is 9.59 Å². The number of aliphatic carboxylic acids is 1. The van der Waals surface area contributed by atoms with E-state index in [-0.39, 0.29) is 23.3 Å². The molecule has 5 nitrogen and oxygen atoms in total. The van der Waals surface area contributed by atoms with Crippen molar-refractivity contribution in [2.45, 2.75) is 52.5 Å². The Morgan fingerprint density at radius 1 is 1.37 bits per heavy atom. The Kier molecular flexibility index (Phi) is 5.35. The largest absolute Gasteiger partial charge is 0.481 e. The molecule has 0 saturated heterocycles. The molecule has 0 aromatic heterocycles. The number of nitrogens with two attached hydrogens (primary N) is 1. The Hall–Kier alpha value is -1.10. The molecule has 0 aromatic carbocycles. The lowest BCUT2D eigenvalue weighted by Gasteiger charge is -2.26. The summed E-state index contributed by atoms with van der Waals surface area (Å²) in [7, 11) is 0. The molecule has 1 fully saturated rings. The summed E-state index contributed by atoms with van der Waals surface area (Å²) < 4.78 is 0. The number of hydrogen-bond donors (Lipinski definition) is 3. The summed E-state index contributed by atoms with van der Waals surface area (Å²) >= 11 is 0. The van der Waals surface area contributed by atoms with Gasteiger partial charge in [0.15, 0.2) is 0 Å². The minimum Gasteiger partial charge on any atom is -0.481 e. The SMILES string of the molecule is CC(C)(C)CC(CN)C(=O)NC1CCCC1C(=O)O. The van der Waals surface area contributed by atoms with Crippen LogP contribution < -0.4 is 11.1 Å². The molecule has 0 aliphatic heterocycles. The molecule has 19 heavy (non-hydrogen) atoms. The van der Waals surface area contributed by atoms with Gasteiger partial charge in [-0.2, -0.15) is 0 Å². The van der Waals surface area contributed by atoms with Crippen molar-refractivity contribution in [3.05, 3.63) is 0 Å². The lowest BCUT2D eigenvalue weighted by atomic mass is 9.84. The number of hydrogen-bond acceptors (Lipinski definition) is 3. The van der Waals surface area contributed by atoms with E-state index in [4.69, 9.17) is 10.8 Å². The van der Waals surface area contributed by atoms with Gasteiger partial charge in [0, 0.05) is 12.6 Å². The minimum atomic E-state index is -0.817. The second-order valence-corrected chi connectivity index (χ2v) is 6.69. The van der Waals surface area contributed by atoms with Crippen LogP contribution in [0.3, 0.4) is 0 Å². The maximum absolute atomic E-state index is 12.2. The van der Waals surface area contributed by atoms with E-state index < -0.39 is 11.9 Å². The number of amides is 1. The lowest BCUT2D eigenvalue weighted by Crippen LogP contribution is -2.45. The van der Waals surface area contributed by atoms with Crippen LogP contribution in [0, 0.1) is 17.3 Å². The number of nitrogens with one attached hydrogen (secondary N) is 1. The fourth-order valence-electron chi connectivity index (χ4n) is 2.75. The summed E-state index contributed by atoms with van der Waals surface area (Å²) in [5, 5.41) is 12.0. The van der Waals surface area contributed by atoms with Gasteiger partial charge in [-0.15, -0.1) is 0 Å². The smallest absolute Gasteiger partial charge is 0.308 e. The van der Waals surface area contributed by atoms with E-state index in [1.54, 1.807) is 0 Å². The van der Waals surface area contributed by atoms with Crippen molar-refractivity contribution in [2.75, 3.05) is 6.54 Å². The van der Waals surface area contributed by atoms with Gasteiger partial charge in [0.25, 0.3) is 0 Å². The van der Waals surface area contributed by atoms with Crippen molar-refractivity contribution in [1.29, 1.82) is 0 Å². The average molecular weight is 270 g/mol. The molecule has 1 aliphatic rings. The quantitative estimate of drug-likeness (QED) is 0.703. The molecule has 1 saturated carbocycles. The van der Waals surface area contributed by atoms with E-state index in [9.17, 15) is 9.59 Å². The van der Waals surface area contributed by atoms with Gasteiger partial charge in [0.05, 0.1) is 11.8 Å². The molecule has 4 N–H and O–H groups in total. The van der Waals surface area contributed by atoms with Crippen molar-refractivity contribution in [3.63, 3.8) is 0 Å². The first-order valence-corrected chi connectivity index (χ1v) is 6.98. The molecule has 1 aliphatic carbocycles. The van der Waals surface area contributed by atoms with Crippen LogP contribution in [0.2, 0.25) is 0 Å². The van der Waals surface area contributed by atoms with Crippen LogP contribution in [0.5, 0.6) is 0 Å². The molecule has 0 heterocycles. The third-order valence-corrected chi connectivity index (χ3v) is 3.67. The van der Waals surface area contributed by atoms with Crippen LogP contribution in [0.25, 0.3) is 0 Å². The first-order chi connectivity index (χ1) is 8.74. The standard InChI is InChI=1S/C14H26N2O3/c1-14(2,3)7-9(8-15)12(17)16-11-6-4-5-10(11)13(18)19/h9-11H,4-8,15H2,1-3H3,(H,16,17)(H,18,19). The first-order valence-electron chi connectivity index (χ1n) is 6.98. The van der Waals surface area contributed by atoms with Gasteiger partial charge in [-0.05, 0) is 24.7 Å². The van der Waals surface area contributed by atoms with Crippen LogP contribution in [-0.2, 0) is 9.59 Å². The van der Waals surface area contributed by atoms with Gasteiger partial charge in [0.1, 0.15) is 0 Å². The van der Waals surface area contributed by atoms with Crippen molar-refractivity contribution in [3.8, 4) is 0 Å². The van der Waals surface area contributed by atoms with E-state index in [2.05, 4.69) is 26.1 Å². The first kappa shape index (κ1) is 16.0. The summed E-state index contributed by atoms with van der Waals surface area (Å²) in [6.07, 6.45) is 2.95. The second kappa shape index (κ2) is 6.37. The average Bonchev–Trinajstić information content (AvgIpc) is 2.72. The maximum Gasteiger partial charge on any atom is 0.308 e. The summed E-state index contributed by atoms with van der Waals surface area (Å²) in [5.41, 5.74) is 5.70. The topological polar surface area (TPSA) is 92.4 Å². The molecule has 5 heteroatoms. The van der Waals surface area contributed by atoms with Crippen molar-refractivity contribution >= 4 is 11.9 Å². The van der Waals surface area contributed by atoms with Crippen LogP contribution in [0.15, 0.2) is 0 Å². The Morgan fingerprint density at radius 3 is 2.47 bits per heavy atom. The lowest BCUT2D eigenvalue weighted by molar-refractivity contribution is -0.142. The predicted molar refractivity (Wildman–Crippen MR) is 73.5 cm³/mol. The molecule has 0 bridgehead atoms. The zero-order chi connectivity index (χ0) is 14.6. The highest BCUT2D eigenvalue weighted by atomic mass is 16.4. The molecule has 0 spiro atoms. The Morgan fingerprint density at radius 2 is 2.00 bits per heavy atom. The van der Waals surface area contributed by atoms with Crippen molar-refractivity contribution in [1.82, 2.24) is 5.32 Å². The molecule has 110 valence electrons. The zero-order valence-corrected chi connectivity index (χ0v) is 12.1. The third kappa shape index (κ3) is 4.82. The summed E-state index contributed by atoms with van der Waals surface area (Å²) in [4.78, 5) is 23.3. The highest BCUT2D eigenvalue weighted by molar-refractivity contribution is 5.80. The number of carboxylic acids is 1. The van der Waals surface area contributed by atoms with E-state index in [1.165, 1.54) is 0 Å². The molecule has 0 aromatic rings. The molecule has 0 radical (unpaired) electrons. The van der Waals surface area contributed by atoms with E-state index in [1.807, 2.05) is 0 Å². The van der Waals surface area contributed by atoms with E-state index >= 15 is 0 Å². The summed E-state index contributed by atoms with van der Waals surface area (Å²) in [6.45, 7) is 6.50. The van der Waals surface area contributed by atoms with E-state index in [0.29, 0.717) is 19.4 Å². The summed E-state index contributed by atoms with van der Waals surface area (Å²) in [5.74, 6) is -1.61. The number of carboxylic acid groups (broad SMARTS) is 1. The van der Waals surface area contributed by atoms with Gasteiger partial charge < -0.3 is 16.2 Å². The van der Waals surface area contributed by atoms with Crippen LogP contribution in [-0.4, -0.2) is 29.6 Å². The zero-order valence-electron chi connectivity index (χ0n) is 12.1. The Labute approximate surface area is 114 Å². The second-order valence-electron chi connectivity index (χ2n) is 6.69. The highest BCUT2D eigenvalue weighted by Crippen LogP contribution is 2.28. The van der Waals surface area contributed by atoms with E-state index in [0.717, 1.165) is 12.8 Å². The number of carbonyl (C=O) groups is 2. The number of rotatable bonds is 5. The number of carbonyl (C=O) groups excluding carboxylic acids is 1. The normalized spacial score (nSPS) is 25.1. The highest BCUT2D eigenvalue weighted by Gasteiger charge is 2.35. The molecule has 1 amide bonds. The van der Waals surface area contributed by atoms with Crippen LogP contribution in [0.4, 0.5) is 0 Å². The fourth-order valence-corrected chi connectivity index (χ4v) is 2.75. The van der Waals surface area contributed by atoms with Gasteiger partial charge in [0.2, 0.25) is 5.91 Å². The Balaban J connectivity index is 2.59. The molecular weight excluding hydrogens is 244 g/mol. The Bertz CT molecular complexity index is 336. The molecule has 3 unspecified atom stereocenters. The molecular formula is C14H26N2O3. The van der Waals surface area contributed by atoms with Gasteiger partial charge >= 0.3 is 5.97 Å². The predicted octanol–water partition coefficient (Wildman–Crippen LogP) is 1.37. The van der Waals surface area contributed by atoms with Gasteiger partial charge in [-0.25, -0.2) is 0 Å². The fraction of sp³-hybridized carbons (Fsp3) is 0.857. The van der Waals surface area contributed by atoms with Crippen LogP contribution in [0.1, 0.15) is 46.5 Å². The maximum atomic E-state index is 12.2.